The molecular weight excluding hydrogens is 180 g/mol. The molecule has 0 aliphatic heterocycles. The number of aromatic nitrogens is 2. The number of aromatic amines is 1. The molecule has 14 heavy (non-hydrogen) atoms. The number of carbonyl (C=O) groups excluding carboxylic acids is 1. The second kappa shape index (κ2) is 4.76. The van der Waals surface area contributed by atoms with Crippen LogP contribution in [0.5, 0.6) is 0 Å². The van der Waals surface area contributed by atoms with Gasteiger partial charge in [-0.3, -0.25) is 9.89 Å². The summed E-state index contributed by atoms with van der Waals surface area (Å²) < 4.78 is 0. The highest BCUT2D eigenvalue weighted by molar-refractivity contribution is 5.94. The van der Waals surface area contributed by atoms with Crippen LogP contribution in [0.25, 0.3) is 0 Å². The Kier molecular flexibility index (Phi) is 3.64. The second-order valence-corrected chi connectivity index (χ2v) is 3.31. The van der Waals surface area contributed by atoms with Gasteiger partial charge in [0.1, 0.15) is 5.82 Å². The number of nitrogens with two attached hydrogens (primary N) is 1. The quantitative estimate of drug-likeness (QED) is 0.665. The molecule has 0 aliphatic rings. The molecule has 0 unspecified atom stereocenters. The van der Waals surface area contributed by atoms with E-state index in [2.05, 4.69) is 15.5 Å². The number of carbonyl (C=O) groups is 1. The maximum absolute atomic E-state index is 11.5. The highest BCUT2D eigenvalue weighted by Crippen LogP contribution is 2.08. The van der Waals surface area contributed by atoms with E-state index in [0.29, 0.717) is 12.2 Å². The molecule has 1 heterocycles. The van der Waals surface area contributed by atoms with Crippen LogP contribution in [-0.2, 0) is 4.79 Å². The molecule has 1 aromatic heterocycles. The molecule has 0 aliphatic carbocycles. The smallest absolute Gasteiger partial charge is 0.242 e. The van der Waals surface area contributed by atoms with Crippen molar-refractivity contribution >= 4 is 11.7 Å². The van der Waals surface area contributed by atoms with Gasteiger partial charge in [-0.2, -0.15) is 5.10 Å². The minimum Gasteiger partial charge on any atom is -0.320 e. The number of aryl methyl sites for hydroxylation is 1. The van der Waals surface area contributed by atoms with E-state index in [9.17, 15) is 4.79 Å². The number of H-pyrrole nitrogens is 1. The Labute approximate surface area is 83.1 Å². The van der Waals surface area contributed by atoms with Crippen molar-refractivity contribution in [2.75, 3.05) is 5.32 Å². The van der Waals surface area contributed by atoms with Crippen molar-refractivity contribution in [2.24, 2.45) is 5.73 Å². The Balaban J connectivity index is 2.53. The Bertz CT molecular complexity index is 308. The molecule has 5 nitrogen and oxygen atoms in total. The van der Waals surface area contributed by atoms with E-state index in [4.69, 9.17) is 5.73 Å². The minimum atomic E-state index is -0.442. The van der Waals surface area contributed by atoms with Crippen molar-refractivity contribution < 1.29 is 4.79 Å². The molecule has 1 rings (SSSR count). The third kappa shape index (κ3) is 2.56. The zero-order valence-corrected chi connectivity index (χ0v) is 8.50. The lowest BCUT2D eigenvalue weighted by Gasteiger charge is -2.09. The minimum absolute atomic E-state index is 0.167. The first-order valence-electron chi connectivity index (χ1n) is 4.71. The third-order valence-electron chi connectivity index (χ3n) is 2.01. The molecular formula is C9H16N4O. The van der Waals surface area contributed by atoms with E-state index in [0.717, 1.165) is 12.0 Å². The van der Waals surface area contributed by atoms with E-state index in [1.54, 1.807) is 6.20 Å². The summed E-state index contributed by atoms with van der Waals surface area (Å²) in [5, 5.41) is 9.19. The number of amides is 1. The number of hydrogen-bond acceptors (Lipinski definition) is 3. The monoisotopic (exact) mass is 196 g/mol. The average molecular weight is 196 g/mol. The molecule has 5 heteroatoms. The van der Waals surface area contributed by atoms with Crippen molar-refractivity contribution in [3.8, 4) is 0 Å². The lowest BCUT2D eigenvalue weighted by molar-refractivity contribution is -0.117. The molecule has 0 saturated heterocycles. The molecule has 0 spiro atoms. The summed E-state index contributed by atoms with van der Waals surface area (Å²) in [5.41, 5.74) is 6.55. The van der Waals surface area contributed by atoms with Gasteiger partial charge in [0.2, 0.25) is 5.91 Å². The maximum Gasteiger partial charge on any atom is 0.242 e. The SMILES string of the molecule is CCC[C@H](N)C(=O)Nc1[nH]ncc1C. The van der Waals surface area contributed by atoms with Crippen LogP contribution in [0.15, 0.2) is 6.20 Å². The maximum atomic E-state index is 11.5. The Morgan fingerprint density at radius 2 is 2.50 bits per heavy atom. The number of anilines is 1. The fourth-order valence-corrected chi connectivity index (χ4v) is 1.13. The summed E-state index contributed by atoms with van der Waals surface area (Å²) in [6.07, 6.45) is 3.25. The highest BCUT2D eigenvalue weighted by atomic mass is 16.2. The lowest BCUT2D eigenvalue weighted by atomic mass is 10.1. The Morgan fingerprint density at radius 1 is 1.79 bits per heavy atom. The van der Waals surface area contributed by atoms with E-state index in [-0.39, 0.29) is 5.91 Å². The number of nitrogens with one attached hydrogen (secondary N) is 2. The van der Waals surface area contributed by atoms with Gasteiger partial charge in [-0.25, -0.2) is 0 Å². The van der Waals surface area contributed by atoms with Gasteiger partial charge in [-0.05, 0) is 13.3 Å². The van der Waals surface area contributed by atoms with Crippen LogP contribution >= 0.6 is 0 Å². The predicted octanol–water partition coefficient (Wildman–Crippen LogP) is 0.784. The van der Waals surface area contributed by atoms with Gasteiger partial charge in [0.15, 0.2) is 0 Å². The van der Waals surface area contributed by atoms with E-state index >= 15 is 0 Å². The first kappa shape index (κ1) is 10.7. The molecule has 0 saturated carbocycles. The van der Waals surface area contributed by atoms with Crippen LogP contribution in [-0.4, -0.2) is 22.1 Å². The Hall–Kier alpha value is -1.36. The topological polar surface area (TPSA) is 83.8 Å². The molecule has 0 fully saturated rings. The summed E-state index contributed by atoms with van der Waals surface area (Å²) in [5.74, 6) is 0.459. The van der Waals surface area contributed by atoms with Crippen LogP contribution in [0.2, 0.25) is 0 Å². The molecule has 4 N–H and O–H groups in total. The molecule has 0 aromatic carbocycles. The standard InChI is InChI=1S/C9H16N4O/c1-3-4-7(10)9(14)12-8-6(2)5-11-13-8/h5,7H,3-4,10H2,1-2H3,(H2,11,12,13,14)/t7-/m0/s1. The van der Waals surface area contributed by atoms with Crippen LogP contribution in [0.1, 0.15) is 25.3 Å². The number of hydrogen-bond donors (Lipinski definition) is 3. The van der Waals surface area contributed by atoms with Gasteiger partial charge >= 0.3 is 0 Å². The van der Waals surface area contributed by atoms with Crippen LogP contribution in [0.3, 0.4) is 0 Å². The summed E-state index contributed by atoms with van der Waals surface area (Å²) in [6.45, 7) is 3.86. The fourth-order valence-electron chi connectivity index (χ4n) is 1.13. The van der Waals surface area contributed by atoms with Gasteiger partial charge in [0.05, 0.1) is 12.2 Å². The summed E-state index contributed by atoms with van der Waals surface area (Å²) >= 11 is 0. The van der Waals surface area contributed by atoms with Gasteiger partial charge in [0, 0.05) is 5.56 Å². The van der Waals surface area contributed by atoms with E-state index in [1.165, 1.54) is 0 Å². The van der Waals surface area contributed by atoms with Crippen molar-refractivity contribution in [3.63, 3.8) is 0 Å². The normalized spacial score (nSPS) is 12.5. The summed E-state index contributed by atoms with van der Waals surface area (Å²) in [4.78, 5) is 11.5. The largest absolute Gasteiger partial charge is 0.320 e. The fraction of sp³-hybridized carbons (Fsp3) is 0.556. The molecule has 1 atom stereocenters. The Morgan fingerprint density at radius 3 is 3.00 bits per heavy atom. The molecule has 1 amide bonds. The van der Waals surface area contributed by atoms with Crippen LogP contribution < -0.4 is 11.1 Å². The first-order valence-corrected chi connectivity index (χ1v) is 4.71. The molecule has 78 valence electrons. The van der Waals surface area contributed by atoms with E-state index < -0.39 is 6.04 Å². The number of rotatable bonds is 4. The summed E-state index contributed by atoms with van der Waals surface area (Å²) in [7, 11) is 0. The van der Waals surface area contributed by atoms with Crippen LogP contribution in [0.4, 0.5) is 5.82 Å². The van der Waals surface area contributed by atoms with Crippen molar-refractivity contribution in [1.82, 2.24) is 10.2 Å². The van der Waals surface area contributed by atoms with Crippen molar-refractivity contribution in [3.05, 3.63) is 11.8 Å². The second-order valence-electron chi connectivity index (χ2n) is 3.31. The predicted molar refractivity (Wildman–Crippen MR) is 54.8 cm³/mol. The van der Waals surface area contributed by atoms with Gasteiger partial charge in [-0.15, -0.1) is 0 Å². The lowest BCUT2D eigenvalue weighted by Crippen LogP contribution is -2.35. The molecule has 1 aromatic rings. The first-order chi connectivity index (χ1) is 6.65. The van der Waals surface area contributed by atoms with Gasteiger partial charge in [0.25, 0.3) is 0 Å². The third-order valence-corrected chi connectivity index (χ3v) is 2.01. The zero-order valence-electron chi connectivity index (χ0n) is 8.50. The van der Waals surface area contributed by atoms with Crippen molar-refractivity contribution in [1.29, 1.82) is 0 Å². The molecule has 0 radical (unpaired) electrons. The number of nitrogens with zero attached hydrogens (tertiary/aromatic N) is 1. The van der Waals surface area contributed by atoms with Gasteiger partial charge in [-0.1, -0.05) is 13.3 Å². The summed E-state index contributed by atoms with van der Waals surface area (Å²) in [6, 6.07) is -0.442. The van der Waals surface area contributed by atoms with Crippen molar-refractivity contribution in [2.45, 2.75) is 32.7 Å². The average Bonchev–Trinajstić information content (AvgIpc) is 2.52. The van der Waals surface area contributed by atoms with E-state index in [1.807, 2.05) is 13.8 Å². The van der Waals surface area contributed by atoms with Crippen LogP contribution in [0, 0.1) is 6.92 Å². The zero-order chi connectivity index (χ0) is 10.6. The molecule has 0 bridgehead atoms. The highest BCUT2D eigenvalue weighted by Gasteiger charge is 2.13. The van der Waals surface area contributed by atoms with Gasteiger partial charge < -0.3 is 11.1 Å².